The first kappa shape index (κ1) is 18.5. The molecule has 0 aliphatic carbocycles. The first-order chi connectivity index (χ1) is 12.4. The van der Waals surface area contributed by atoms with Gasteiger partial charge in [0, 0.05) is 35.1 Å². The molecule has 1 fully saturated rings. The fourth-order valence-corrected chi connectivity index (χ4v) is 3.17. The second-order valence-corrected chi connectivity index (χ2v) is 7.05. The molecule has 3 rings (SSSR count). The molecule has 0 aromatic heterocycles. The summed E-state index contributed by atoms with van der Waals surface area (Å²) in [5.41, 5.74) is 1.70. The summed E-state index contributed by atoms with van der Waals surface area (Å²) in [5.74, 6) is -1.19. The van der Waals surface area contributed by atoms with Gasteiger partial charge in [-0.3, -0.25) is 9.59 Å². The molecule has 0 saturated carbocycles. The highest BCUT2D eigenvalue weighted by Crippen LogP contribution is 2.28. The average Bonchev–Trinajstić information content (AvgIpc) is 2.97. The summed E-state index contributed by atoms with van der Waals surface area (Å²) in [6.45, 7) is 0.800. The Morgan fingerprint density at radius 1 is 1.15 bits per heavy atom. The van der Waals surface area contributed by atoms with Crippen LogP contribution in [-0.4, -0.2) is 28.4 Å². The SMILES string of the molecule is O=C(O)C1CC(=O)N(Cc2cc(Cl)ccc2OCc2ccc(Cl)cc2)C1. The fourth-order valence-electron chi connectivity index (χ4n) is 2.85. The van der Waals surface area contributed by atoms with Crippen LogP contribution in [0.15, 0.2) is 42.5 Å². The third-order valence-corrected chi connectivity index (χ3v) is 4.74. The minimum atomic E-state index is -0.953. The first-order valence-electron chi connectivity index (χ1n) is 8.08. The number of ether oxygens (including phenoxy) is 1. The number of rotatable bonds is 6. The molecule has 0 spiro atoms. The average molecular weight is 394 g/mol. The summed E-state index contributed by atoms with van der Waals surface area (Å²) in [7, 11) is 0. The predicted octanol–water partition coefficient (Wildman–Crippen LogP) is 4.01. The normalized spacial score (nSPS) is 16.8. The van der Waals surface area contributed by atoms with Crippen molar-refractivity contribution in [2.75, 3.05) is 6.54 Å². The number of carbonyl (C=O) groups is 2. The van der Waals surface area contributed by atoms with E-state index < -0.39 is 11.9 Å². The molecule has 1 unspecified atom stereocenters. The summed E-state index contributed by atoms with van der Waals surface area (Å²) in [6.07, 6.45) is 0.0247. The van der Waals surface area contributed by atoms with E-state index in [9.17, 15) is 9.59 Å². The van der Waals surface area contributed by atoms with Crippen LogP contribution >= 0.6 is 23.2 Å². The Balaban J connectivity index is 1.72. The van der Waals surface area contributed by atoms with Crippen LogP contribution in [-0.2, 0) is 22.7 Å². The summed E-state index contributed by atoms with van der Waals surface area (Å²) < 4.78 is 5.88. The molecular formula is C19H17Cl2NO4. The molecule has 1 aliphatic heterocycles. The van der Waals surface area contributed by atoms with Crippen LogP contribution in [0, 0.1) is 5.92 Å². The van der Waals surface area contributed by atoms with E-state index in [-0.39, 0.29) is 25.4 Å². The zero-order valence-electron chi connectivity index (χ0n) is 13.8. The van der Waals surface area contributed by atoms with Crippen LogP contribution in [0.5, 0.6) is 5.75 Å². The Labute approximate surface area is 161 Å². The zero-order chi connectivity index (χ0) is 18.7. The quantitative estimate of drug-likeness (QED) is 0.804. The molecule has 26 heavy (non-hydrogen) atoms. The number of hydrogen-bond donors (Lipinski definition) is 1. The lowest BCUT2D eigenvalue weighted by Gasteiger charge is -2.19. The number of carboxylic acid groups (broad SMARTS) is 1. The largest absolute Gasteiger partial charge is 0.489 e. The number of benzene rings is 2. The maximum Gasteiger partial charge on any atom is 0.308 e. The molecule has 1 N–H and O–H groups in total. The smallest absolute Gasteiger partial charge is 0.308 e. The van der Waals surface area contributed by atoms with Crippen LogP contribution in [0.25, 0.3) is 0 Å². The molecule has 136 valence electrons. The molecule has 1 saturated heterocycles. The maximum atomic E-state index is 12.1. The van der Waals surface area contributed by atoms with Crippen LogP contribution < -0.4 is 4.74 Å². The summed E-state index contributed by atoms with van der Waals surface area (Å²) >= 11 is 12.0. The van der Waals surface area contributed by atoms with Gasteiger partial charge in [-0.15, -0.1) is 0 Å². The Morgan fingerprint density at radius 3 is 2.50 bits per heavy atom. The van der Waals surface area contributed by atoms with Crippen molar-refractivity contribution in [3.63, 3.8) is 0 Å². The highest BCUT2D eigenvalue weighted by molar-refractivity contribution is 6.30. The van der Waals surface area contributed by atoms with Gasteiger partial charge in [-0.1, -0.05) is 35.3 Å². The molecule has 5 nitrogen and oxygen atoms in total. The number of hydrogen-bond acceptors (Lipinski definition) is 3. The number of amides is 1. The van der Waals surface area contributed by atoms with E-state index in [4.69, 9.17) is 33.0 Å². The zero-order valence-corrected chi connectivity index (χ0v) is 15.3. The van der Waals surface area contributed by atoms with Gasteiger partial charge in [0.2, 0.25) is 5.91 Å². The molecular weight excluding hydrogens is 377 g/mol. The van der Waals surface area contributed by atoms with Crippen LogP contribution in [0.3, 0.4) is 0 Å². The van der Waals surface area contributed by atoms with Gasteiger partial charge in [-0.2, -0.15) is 0 Å². The number of likely N-dealkylation sites (tertiary alicyclic amines) is 1. The van der Waals surface area contributed by atoms with Crippen molar-refractivity contribution in [1.29, 1.82) is 0 Å². The van der Waals surface area contributed by atoms with E-state index in [1.165, 1.54) is 4.90 Å². The molecule has 7 heteroatoms. The molecule has 2 aromatic rings. The van der Waals surface area contributed by atoms with Crippen LogP contribution in [0.4, 0.5) is 0 Å². The lowest BCUT2D eigenvalue weighted by molar-refractivity contribution is -0.141. The van der Waals surface area contributed by atoms with E-state index >= 15 is 0 Å². The summed E-state index contributed by atoms with van der Waals surface area (Å²) in [6, 6.07) is 12.5. The second kappa shape index (κ2) is 7.98. The van der Waals surface area contributed by atoms with Gasteiger partial charge in [0.05, 0.1) is 5.92 Å². The Kier molecular flexibility index (Phi) is 5.69. The molecule has 0 radical (unpaired) electrons. The molecule has 1 aliphatic rings. The van der Waals surface area contributed by atoms with Crippen molar-refractivity contribution in [1.82, 2.24) is 4.90 Å². The molecule has 1 amide bonds. The minimum absolute atomic E-state index is 0.0247. The number of nitrogens with zero attached hydrogens (tertiary/aromatic N) is 1. The van der Waals surface area contributed by atoms with Crippen LogP contribution in [0.2, 0.25) is 10.0 Å². The minimum Gasteiger partial charge on any atom is -0.489 e. The molecule has 0 bridgehead atoms. The van der Waals surface area contributed by atoms with Crippen LogP contribution in [0.1, 0.15) is 17.5 Å². The van der Waals surface area contributed by atoms with Gasteiger partial charge in [0.25, 0.3) is 0 Å². The molecule has 2 aromatic carbocycles. The van der Waals surface area contributed by atoms with Crippen molar-refractivity contribution in [2.45, 2.75) is 19.6 Å². The number of carbonyl (C=O) groups excluding carboxylic acids is 1. The molecule has 1 heterocycles. The van der Waals surface area contributed by atoms with E-state index in [1.807, 2.05) is 12.1 Å². The summed E-state index contributed by atoms with van der Waals surface area (Å²) in [4.78, 5) is 24.7. The van der Waals surface area contributed by atoms with E-state index in [0.29, 0.717) is 22.4 Å². The fraction of sp³-hybridized carbons (Fsp3) is 0.263. The van der Waals surface area contributed by atoms with Crippen molar-refractivity contribution in [3.8, 4) is 5.75 Å². The van der Waals surface area contributed by atoms with Gasteiger partial charge in [0.1, 0.15) is 12.4 Å². The number of aliphatic carboxylic acids is 1. The third-order valence-electron chi connectivity index (χ3n) is 4.26. The van der Waals surface area contributed by atoms with Crippen molar-refractivity contribution >= 4 is 35.1 Å². The maximum absolute atomic E-state index is 12.1. The Hall–Kier alpha value is -2.24. The lowest BCUT2D eigenvalue weighted by atomic mass is 10.1. The van der Waals surface area contributed by atoms with Crippen molar-refractivity contribution in [3.05, 3.63) is 63.6 Å². The summed E-state index contributed by atoms with van der Waals surface area (Å²) in [5, 5.41) is 10.3. The second-order valence-electron chi connectivity index (χ2n) is 6.18. The van der Waals surface area contributed by atoms with Gasteiger partial charge in [0.15, 0.2) is 0 Å². The van der Waals surface area contributed by atoms with Gasteiger partial charge >= 0.3 is 5.97 Å². The Bertz CT molecular complexity index is 823. The van der Waals surface area contributed by atoms with Crippen molar-refractivity contribution in [2.24, 2.45) is 5.92 Å². The third kappa shape index (κ3) is 4.48. The number of halogens is 2. The molecule has 1 atom stereocenters. The topological polar surface area (TPSA) is 66.8 Å². The van der Waals surface area contributed by atoms with E-state index in [2.05, 4.69) is 0 Å². The van der Waals surface area contributed by atoms with E-state index in [0.717, 1.165) is 11.1 Å². The van der Waals surface area contributed by atoms with Gasteiger partial charge in [-0.05, 0) is 35.9 Å². The van der Waals surface area contributed by atoms with Gasteiger partial charge in [-0.25, -0.2) is 0 Å². The highest BCUT2D eigenvalue weighted by Gasteiger charge is 2.34. The van der Waals surface area contributed by atoms with Crippen molar-refractivity contribution < 1.29 is 19.4 Å². The van der Waals surface area contributed by atoms with Gasteiger partial charge < -0.3 is 14.7 Å². The van der Waals surface area contributed by atoms with E-state index in [1.54, 1.807) is 30.3 Å². The monoisotopic (exact) mass is 393 g/mol. The first-order valence-corrected chi connectivity index (χ1v) is 8.84. The standard InChI is InChI=1S/C19H17Cl2NO4/c20-15-3-1-12(2-4-15)11-26-17-6-5-16(21)7-13(17)9-22-10-14(19(24)25)8-18(22)23/h1-7,14H,8-11H2,(H,24,25). The highest BCUT2D eigenvalue weighted by atomic mass is 35.5. The predicted molar refractivity (Wildman–Crippen MR) is 98.4 cm³/mol. The number of carboxylic acids is 1. The lowest BCUT2D eigenvalue weighted by Crippen LogP contribution is -2.26. The Morgan fingerprint density at radius 2 is 1.85 bits per heavy atom.